The summed E-state index contributed by atoms with van der Waals surface area (Å²) in [7, 11) is 1.52. The summed E-state index contributed by atoms with van der Waals surface area (Å²) < 4.78 is 22.9. The SMILES string of the molecule is CO[C@H]1C(C(CC(=O)O)N/C(C)=C/C(C)=O)O[C@@H]2OC(C)(C)O[C@@H]21. The fourth-order valence-corrected chi connectivity index (χ4v) is 3.17. The molecule has 2 aliphatic rings. The molecule has 0 aliphatic carbocycles. The molecule has 2 unspecified atom stereocenters. The second kappa shape index (κ2) is 7.18. The first kappa shape index (κ1) is 18.9. The van der Waals surface area contributed by atoms with E-state index in [-0.39, 0.29) is 12.2 Å². The van der Waals surface area contributed by atoms with Gasteiger partial charge in [0.1, 0.15) is 18.3 Å². The Morgan fingerprint density at radius 2 is 2.00 bits per heavy atom. The van der Waals surface area contributed by atoms with Gasteiger partial charge in [-0.3, -0.25) is 9.59 Å². The minimum atomic E-state index is -0.985. The smallest absolute Gasteiger partial charge is 0.305 e. The van der Waals surface area contributed by atoms with E-state index in [1.165, 1.54) is 20.1 Å². The first-order chi connectivity index (χ1) is 11.1. The second-order valence-corrected chi connectivity index (χ2v) is 6.56. The highest BCUT2D eigenvalue weighted by atomic mass is 16.8. The summed E-state index contributed by atoms with van der Waals surface area (Å²) in [4.78, 5) is 22.4. The van der Waals surface area contributed by atoms with E-state index >= 15 is 0 Å². The molecule has 0 aromatic heterocycles. The Morgan fingerprint density at radius 3 is 2.54 bits per heavy atom. The van der Waals surface area contributed by atoms with E-state index < -0.39 is 42.4 Å². The summed E-state index contributed by atoms with van der Waals surface area (Å²) in [5.74, 6) is -1.90. The lowest BCUT2D eigenvalue weighted by Crippen LogP contribution is -2.49. The summed E-state index contributed by atoms with van der Waals surface area (Å²) in [6.45, 7) is 6.69. The van der Waals surface area contributed by atoms with Crippen LogP contribution in [0, 0.1) is 0 Å². The number of carbonyl (C=O) groups excluding carboxylic acids is 1. The number of hydrogen-bond acceptors (Lipinski definition) is 7. The quantitative estimate of drug-likeness (QED) is 0.655. The number of rotatable bonds is 7. The van der Waals surface area contributed by atoms with Gasteiger partial charge in [-0.15, -0.1) is 0 Å². The highest BCUT2D eigenvalue weighted by Gasteiger charge is 2.57. The van der Waals surface area contributed by atoms with E-state index in [2.05, 4.69) is 5.32 Å². The largest absolute Gasteiger partial charge is 0.481 e. The molecule has 0 aromatic carbocycles. The van der Waals surface area contributed by atoms with Gasteiger partial charge in [0.05, 0.1) is 12.5 Å². The molecular weight excluding hydrogens is 318 g/mol. The van der Waals surface area contributed by atoms with Crippen LogP contribution in [0.4, 0.5) is 0 Å². The maximum Gasteiger partial charge on any atom is 0.305 e. The zero-order chi connectivity index (χ0) is 18.1. The van der Waals surface area contributed by atoms with Crippen LogP contribution in [0.1, 0.15) is 34.1 Å². The third kappa shape index (κ3) is 4.32. The topological polar surface area (TPSA) is 103 Å². The fourth-order valence-electron chi connectivity index (χ4n) is 3.17. The average molecular weight is 343 g/mol. The van der Waals surface area contributed by atoms with Crippen LogP contribution in [0.25, 0.3) is 0 Å². The zero-order valence-corrected chi connectivity index (χ0v) is 14.6. The normalized spacial score (nSPS) is 33.1. The Hall–Kier alpha value is -1.48. The number of methoxy groups -OCH3 is 1. The number of ketones is 1. The Labute approximate surface area is 141 Å². The molecular formula is C16H25NO7. The molecule has 2 N–H and O–H groups in total. The Morgan fingerprint density at radius 1 is 1.33 bits per heavy atom. The van der Waals surface area contributed by atoms with Crippen molar-refractivity contribution in [2.24, 2.45) is 0 Å². The molecule has 5 atom stereocenters. The standard InChI is InChI=1S/C16H25NO7/c1-8(6-9(2)18)17-10(7-11(19)20)12-13(21-5)14-15(22-12)24-16(3,4)23-14/h6,10,12-15,17H,7H2,1-5H3,(H,19,20)/b8-6+/t10?,12?,13-,14+,15+/m0/s1. The molecule has 0 radical (unpaired) electrons. The second-order valence-electron chi connectivity index (χ2n) is 6.56. The van der Waals surface area contributed by atoms with Crippen molar-refractivity contribution in [2.75, 3.05) is 7.11 Å². The molecule has 2 fully saturated rings. The van der Waals surface area contributed by atoms with Crippen LogP contribution in [0.5, 0.6) is 0 Å². The van der Waals surface area contributed by atoms with E-state index in [9.17, 15) is 14.7 Å². The third-order valence-electron chi connectivity index (χ3n) is 3.92. The minimum absolute atomic E-state index is 0.130. The van der Waals surface area contributed by atoms with Gasteiger partial charge in [-0.2, -0.15) is 0 Å². The van der Waals surface area contributed by atoms with Crippen LogP contribution in [0.2, 0.25) is 0 Å². The number of allylic oxidation sites excluding steroid dienone is 2. The molecule has 0 spiro atoms. The van der Waals surface area contributed by atoms with Crippen molar-refractivity contribution >= 4 is 11.8 Å². The lowest BCUT2D eigenvalue weighted by molar-refractivity contribution is -0.220. The number of ether oxygens (including phenoxy) is 4. The van der Waals surface area contributed by atoms with Crippen molar-refractivity contribution in [3.63, 3.8) is 0 Å². The van der Waals surface area contributed by atoms with Crippen molar-refractivity contribution in [1.29, 1.82) is 0 Å². The van der Waals surface area contributed by atoms with Crippen LogP contribution in [-0.4, -0.2) is 60.4 Å². The molecule has 2 heterocycles. The fraction of sp³-hybridized carbons (Fsp3) is 0.750. The first-order valence-corrected chi connectivity index (χ1v) is 7.84. The van der Waals surface area contributed by atoms with Gasteiger partial charge < -0.3 is 29.4 Å². The maximum atomic E-state index is 11.2. The number of carboxylic acid groups (broad SMARTS) is 1. The summed E-state index contributed by atoms with van der Waals surface area (Å²) in [5.41, 5.74) is 0.562. The zero-order valence-electron chi connectivity index (χ0n) is 14.6. The highest BCUT2D eigenvalue weighted by Crippen LogP contribution is 2.39. The molecule has 8 nitrogen and oxygen atoms in total. The van der Waals surface area contributed by atoms with Crippen LogP contribution >= 0.6 is 0 Å². The summed E-state index contributed by atoms with van der Waals surface area (Å²) in [6.07, 6.45) is -0.930. The third-order valence-corrected chi connectivity index (χ3v) is 3.92. The monoisotopic (exact) mass is 343 g/mol. The Bertz CT molecular complexity index is 531. The van der Waals surface area contributed by atoms with E-state index in [0.717, 1.165) is 0 Å². The molecule has 0 saturated carbocycles. The Kier molecular flexibility index (Phi) is 5.64. The lowest BCUT2D eigenvalue weighted by atomic mass is 10.00. The van der Waals surface area contributed by atoms with Crippen molar-refractivity contribution < 1.29 is 33.6 Å². The van der Waals surface area contributed by atoms with Crippen LogP contribution in [0.3, 0.4) is 0 Å². The summed E-state index contributed by atoms with van der Waals surface area (Å²) in [6, 6.07) is -0.594. The molecule has 2 saturated heterocycles. The number of nitrogens with one attached hydrogen (secondary N) is 1. The molecule has 8 heteroatoms. The van der Waals surface area contributed by atoms with Crippen molar-refractivity contribution in [3.8, 4) is 0 Å². The van der Waals surface area contributed by atoms with Crippen LogP contribution in [0.15, 0.2) is 11.8 Å². The van der Waals surface area contributed by atoms with Gasteiger partial charge in [-0.05, 0) is 33.8 Å². The van der Waals surface area contributed by atoms with Gasteiger partial charge in [-0.25, -0.2) is 0 Å². The number of carboxylic acids is 1. The van der Waals surface area contributed by atoms with E-state index in [1.54, 1.807) is 20.8 Å². The molecule has 24 heavy (non-hydrogen) atoms. The van der Waals surface area contributed by atoms with E-state index in [1.807, 2.05) is 0 Å². The molecule has 2 rings (SSSR count). The number of carbonyl (C=O) groups is 2. The van der Waals surface area contributed by atoms with Crippen molar-refractivity contribution in [1.82, 2.24) is 5.32 Å². The van der Waals surface area contributed by atoms with Gasteiger partial charge in [-0.1, -0.05) is 0 Å². The van der Waals surface area contributed by atoms with Crippen LogP contribution < -0.4 is 5.32 Å². The Balaban J connectivity index is 2.17. The van der Waals surface area contributed by atoms with Crippen molar-refractivity contribution in [2.45, 2.75) is 70.5 Å². The predicted octanol–water partition coefficient (Wildman–Crippen LogP) is 0.804. The summed E-state index contributed by atoms with van der Waals surface area (Å²) in [5, 5.41) is 12.2. The van der Waals surface area contributed by atoms with Gasteiger partial charge in [0.25, 0.3) is 0 Å². The van der Waals surface area contributed by atoms with Gasteiger partial charge in [0.15, 0.2) is 17.9 Å². The number of hydrogen-bond donors (Lipinski definition) is 2. The lowest BCUT2D eigenvalue weighted by Gasteiger charge is -2.30. The maximum absolute atomic E-state index is 11.2. The van der Waals surface area contributed by atoms with Gasteiger partial charge in [0.2, 0.25) is 0 Å². The molecule has 0 aromatic rings. The number of fused-ring (bicyclic) bond motifs is 1. The molecule has 2 aliphatic heterocycles. The first-order valence-electron chi connectivity index (χ1n) is 7.84. The van der Waals surface area contributed by atoms with E-state index in [4.69, 9.17) is 18.9 Å². The van der Waals surface area contributed by atoms with Crippen LogP contribution in [-0.2, 0) is 28.5 Å². The average Bonchev–Trinajstić information content (AvgIpc) is 2.87. The van der Waals surface area contributed by atoms with Gasteiger partial charge in [0, 0.05) is 12.8 Å². The van der Waals surface area contributed by atoms with Gasteiger partial charge >= 0.3 is 5.97 Å². The van der Waals surface area contributed by atoms with E-state index in [0.29, 0.717) is 5.70 Å². The number of aliphatic carboxylic acids is 1. The molecule has 0 bridgehead atoms. The summed E-state index contributed by atoms with van der Waals surface area (Å²) >= 11 is 0. The molecule has 0 amide bonds. The predicted molar refractivity (Wildman–Crippen MR) is 83.1 cm³/mol. The van der Waals surface area contributed by atoms with Crippen molar-refractivity contribution in [3.05, 3.63) is 11.8 Å². The molecule has 136 valence electrons. The minimum Gasteiger partial charge on any atom is -0.481 e. The highest BCUT2D eigenvalue weighted by molar-refractivity contribution is 5.87.